The van der Waals surface area contributed by atoms with E-state index in [1.807, 2.05) is 0 Å². The molecule has 216 valence electrons. The summed E-state index contributed by atoms with van der Waals surface area (Å²) in [6.07, 6.45) is 3.12. The summed E-state index contributed by atoms with van der Waals surface area (Å²) in [7, 11) is 0. The molecule has 0 bridgehead atoms. The summed E-state index contributed by atoms with van der Waals surface area (Å²) in [6.45, 7) is 3.11. The Morgan fingerprint density at radius 3 is 2.47 bits per heavy atom. The third-order valence-corrected chi connectivity index (χ3v) is 7.21. The van der Waals surface area contributed by atoms with Gasteiger partial charge in [0.15, 0.2) is 5.58 Å². The summed E-state index contributed by atoms with van der Waals surface area (Å²) in [4.78, 5) is 34.0. The van der Waals surface area contributed by atoms with Crippen LogP contribution in [0.15, 0.2) is 75.8 Å². The van der Waals surface area contributed by atoms with E-state index in [0.717, 1.165) is 6.07 Å². The fourth-order valence-electron chi connectivity index (χ4n) is 4.99. The van der Waals surface area contributed by atoms with Crippen LogP contribution < -0.4 is 11.1 Å². The summed E-state index contributed by atoms with van der Waals surface area (Å²) < 4.78 is 56.2. The number of carbonyl (C=O) groups is 2. The van der Waals surface area contributed by atoms with E-state index >= 15 is 8.78 Å². The molecule has 0 spiro atoms. The largest absolute Gasteiger partial charge is 0.460 e. The standard InChI is InChI=1S/C32H23F3N4O4/c1-15-21(12-18(13-22(15)34)31(41)38-16(2)32-39-23-9-10-37-14-26(23)43-32)20-7-8-24-27(29(20)35)28(30(36)40)25(42-24)11-17-3-5-19(33)6-4-17/h3-10,12-14,16H,11H2,1-2H3,(H2,36,40)(H,38,41). The molecule has 0 aliphatic heterocycles. The third kappa shape index (κ3) is 5.09. The van der Waals surface area contributed by atoms with E-state index in [2.05, 4.69) is 15.3 Å². The van der Waals surface area contributed by atoms with Gasteiger partial charge in [-0.1, -0.05) is 12.1 Å². The average molecular weight is 585 g/mol. The Hall–Kier alpha value is -5.45. The Morgan fingerprint density at radius 2 is 1.74 bits per heavy atom. The van der Waals surface area contributed by atoms with Crippen molar-refractivity contribution in [2.75, 3.05) is 0 Å². The van der Waals surface area contributed by atoms with Crippen molar-refractivity contribution in [1.29, 1.82) is 0 Å². The van der Waals surface area contributed by atoms with Crippen LogP contribution in [0.2, 0.25) is 0 Å². The number of carbonyl (C=O) groups excluding carboxylic acids is 2. The van der Waals surface area contributed by atoms with Gasteiger partial charge in [-0.25, -0.2) is 18.2 Å². The first-order valence-corrected chi connectivity index (χ1v) is 13.2. The maximum absolute atomic E-state index is 16.2. The highest BCUT2D eigenvalue weighted by Crippen LogP contribution is 2.37. The normalized spacial score (nSPS) is 12.1. The van der Waals surface area contributed by atoms with E-state index < -0.39 is 35.3 Å². The van der Waals surface area contributed by atoms with Crippen LogP contribution in [0.4, 0.5) is 13.2 Å². The van der Waals surface area contributed by atoms with Crippen LogP contribution in [0, 0.1) is 24.4 Å². The van der Waals surface area contributed by atoms with Crippen LogP contribution in [0.5, 0.6) is 0 Å². The second-order valence-corrected chi connectivity index (χ2v) is 10.1. The molecule has 1 atom stereocenters. The monoisotopic (exact) mass is 584 g/mol. The molecular formula is C32H23F3N4O4. The van der Waals surface area contributed by atoms with E-state index in [-0.39, 0.29) is 56.9 Å². The second kappa shape index (κ2) is 10.8. The van der Waals surface area contributed by atoms with Crippen LogP contribution in [-0.4, -0.2) is 21.8 Å². The molecule has 6 aromatic rings. The van der Waals surface area contributed by atoms with Gasteiger partial charge >= 0.3 is 0 Å². The number of nitrogens with two attached hydrogens (primary N) is 1. The topological polar surface area (TPSA) is 124 Å². The van der Waals surface area contributed by atoms with Crippen molar-refractivity contribution < 1.29 is 31.6 Å². The van der Waals surface area contributed by atoms with Gasteiger partial charge in [-0.3, -0.25) is 14.6 Å². The van der Waals surface area contributed by atoms with E-state index in [1.165, 1.54) is 55.6 Å². The Labute approximate surface area is 242 Å². The van der Waals surface area contributed by atoms with Crippen LogP contribution in [0.3, 0.4) is 0 Å². The van der Waals surface area contributed by atoms with Gasteiger partial charge in [0, 0.05) is 23.7 Å². The van der Waals surface area contributed by atoms with Crippen molar-refractivity contribution in [2.24, 2.45) is 5.73 Å². The number of halogens is 3. The lowest BCUT2D eigenvalue weighted by molar-refractivity contribution is 0.0933. The number of hydrogen-bond donors (Lipinski definition) is 2. The molecule has 8 nitrogen and oxygen atoms in total. The quantitative estimate of drug-likeness (QED) is 0.220. The van der Waals surface area contributed by atoms with Gasteiger partial charge in [0.2, 0.25) is 5.89 Å². The summed E-state index contributed by atoms with van der Waals surface area (Å²) in [5, 5.41) is 2.55. The maximum atomic E-state index is 16.2. The molecule has 43 heavy (non-hydrogen) atoms. The molecular weight excluding hydrogens is 561 g/mol. The number of furan rings is 1. The molecule has 0 saturated heterocycles. The Balaban J connectivity index is 1.37. The number of nitrogens with one attached hydrogen (secondary N) is 1. The highest BCUT2D eigenvalue weighted by atomic mass is 19.1. The lowest BCUT2D eigenvalue weighted by atomic mass is 9.94. The van der Waals surface area contributed by atoms with Crippen molar-refractivity contribution in [1.82, 2.24) is 15.3 Å². The van der Waals surface area contributed by atoms with Gasteiger partial charge in [-0.15, -0.1) is 0 Å². The SMILES string of the molecule is Cc1c(F)cc(C(=O)NC(C)c2nc3ccncc3o2)cc1-c1ccc2oc(Cc3ccc(F)cc3)c(C(N)=O)c2c1F. The van der Waals surface area contributed by atoms with Crippen LogP contribution in [0.25, 0.3) is 33.2 Å². The molecule has 3 heterocycles. The lowest BCUT2D eigenvalue weighted by Gasteiger charge is -2.14. The minimum absolute atomic E-state index is 0.0557. The number of pyridine rings is 1. The molecule has 6 rings (SSSR count). The molecule has 0 aliphatic rings. The number of hydrogen-bond acceptors (Lipinski definition) is 6. The van der Waals surface area contributed by atoms with Gasteiger partial charge in [0.1, 0.15) is 40.4 Å². The summed E-state index contributed by atoms with van der Waals surface area (Å²) in [5.74, 6) is -3.27. The van der Waals surface area contributed by atoms with E-state index in [4.69, 9.17) is 14.6 Å². The summed E-state index contributed by atoms with van der Waals surface area (Å²) in [6, 6.07) is 11.8. The number of rotatable bonds is 7. The molecule has 11 heteroatoms. The first-order chi connectivity index (χ1) is 20.6. The molecule has 3 aromatic carbocycles. The van der Waals surface area contributed by atoms with Gasteiger partial charge < -0.3 is 19.9 Å². The number of primary amides is 1. The first-order valence-electron chi connectivity index (χ1n) is 13.2. The predicted octanol–water partition coefficient (Wildman–Crippen LogP) is 6.54. The van der Waals surface area contributed by atoms with Crippen molar-refractivity contribution >= 4 is 33.9 Å². The van der Waals surface area contributed by atoms with E-state index in [9.17, 15) is 14.0 Å². The fourth-order valence-corrected chi connectivity index (χ4v) is 4.99. The number of benzene rings is 3. The Bertz CT molecular complexity index is 2020. The Morgan fingerprint density at radius 1 is 0.977 bits per heavy atom. The maximum Gasteiger partial charge on any atom is 0.253 e. The zero-order chi connectivity index (χ0) is 30.4. The summed E-state index contributed by atoms with van der Waals surface area (Å²) in [5.41, 5.74) is 7.21. The van der Waals surface area contributed by atoms with Crippen LogP contribution in [0.1, 0.15) is 56.5 Å². The number of oxazole rings is 1. The van der Waals surface area contributed by atoms with Gasteiger partial charge in [0.05, 0.1) is 17.1 Å². The van der Waals surface area contributed by atoms with E-state index in [0.29, 0.717) is 16.7 Å². The minimum atomic E-state index is -0.924. The third-order valence-electron chi connectivity index (χ3n) is 7.21. The van der Waals surface area contributed by atoms with Crippen molar-refractivity contribution in [3.05, 3.63) is 118 Å². The predicted molar refractivity (Wildman–Crippen MR) is 152 cm³/mol. The molecule has 0 aliphatic carbocycles. The number of amides is 2. The van der Waals surface area contributed by atoms with Crippen molar-refractivity contribution in [3.8, 4) is 11.1 Å². The lowest BCUT2D eigenvalue weighted by Crippen LogP contribution is -2.27. The first kappa shape index (κ1) is 27.7. The highest BCUT2D eigenvalue weighted by molar-refractivity contribution is 6.08. The Kier molecular flexibility index (Phi) is 6.93. The number of aromatic nitrogens is 2. The smallest absolute Gasteiger partial charge is 0.253 e. The van der Waals surface area contributed by atoms with Crippen molar-refractivity contribution in [3.63, 3.8) is 0 Å². The molecule has 0 fully saturated rings. The highest BCUT2D eigenvalue weighted by Gasteiger charge is 2.26. The zero-order valence-corrected chi connectivity index (χ0v) is 22.9. The summed E-state index contributed by atoms with van der Waals surface area (Å²) >= 11 is 0. The molecule has 0 saturated carbocycles. The molecule has 3 aromatic heterocycles. The van der Waals surface area contributed by atoms with E-state index in [1.54, 1.807) is 19.2 Å². The fraction of sp³-hybridized carbons (Fsp3) is 0.125. The van der Waals surface area contributed by atoms with Crippen LogP contribution >= 0.6 is 0 Å². The van der Waals surface area contributed by atoms with Gasteiger partial charge in [0.25, 0.3) is 11.8 Å². The zero-order valence-electron chi connectivity index (χ0n) is 22.9. The average Bonchev–Trinajstić information content (AvgIpc) is 3.58. The number of nitrogens with zero attached hydrogens (tertiary/aromatic N) is 2. The number of fused-ring (bicyclic) bond motifs is 2. The minimum Gasteiger partial charge on any atom is -0.460 e. The van der Waals surface area contributed by atoms with Crippen molar-refractivity contribution in [2.45, 2.75) is 26.3 Å². The molecule has 3 N–H and O–H groups in total. The van der Waals surface area contributed by atoms with Gasteiger partial charge in [-0.2, -0.15) is 0 Å². The molecule has 1 unspecified atom stereocenters. The van der Waals surface area contributed by atoms with Gasteiger partial charge in [-0.05, 0) is 73.0 Å². The molecule has 0 radical (unpaired) electrons. The molecule has 2 amide bonds. The van der Waals surface area contributed by atoms with Crippen LogP contribution in [-0.2, 0) is 6.42 Å². The second-order valence-electron chi connectivity index (χ2n) is 10.1.